The molecule has 0 aliphatic rings. The van der Waals surface area contributed by atoms with E-state index in [1.165, 1.54) is 0 Å². The number of rotatable bonds is 8. The number of carbonyl (C=O) groups excluding carboxylic acids is 1. The number of carboxylic acids is 1. The van der Waals surface area contributed by atoms with Gasteiger partial charge in [-0.05, 0) is 49.4 Å². The molecule has 4 rings (SSSR count). The van der Waals surface area contributed by atoms with Gasteiger partial charge in [0.2, 0.25) is 0 Å². The first-order valence-corrected chi connectivity index (χ1v) is 9.87. The van der Waals surface area contributed by atoms with Crippen LogP contribution in [0.3, 0.4) is 0 Å². The van der Waals surface area contributed by atoms with Crippen LogP contribution in [0, 0.1) is 0 Å². The van der Waals surface area contributed by atoms with Crippen LogP contribution in [-0.4, -0.2) is 54.9 Å². The van der Waals surface area contributed by atoms with E-state index in [1.54, 1.807) is 25.3 Å². The number of ether oxygens (including phenoxy) is 1. The highest BCUT2D eigenvalue weighted by atomic mass is 16.5. The van der Waals surface area contributed by atoms with Crippen LogP contribution < -0.4 is 4.74 Å². The van der Waals surface area contributed by atoms with Gasteiger partial charge >= 0.3 is 5.97 Å². The summed E-state index contributed by atoms with van der Waals surface area (Å²) in [5.74, 6) is -0.937. The molecule has 0 aliphatic heterocycles. The molecule has 3 N–H and O–H groups in total. The number of benzene rings is 1. The largest absolute Gasteiger partial charge is 0.484 e. The van der Waals surface area contributed by atoms with Gasteiger partial charge in [0.25, 0.3) is 5.91 Å². The highest BCUT2D eigenvalue weighted by Gasteiger charge is 2.16. The minimum Gasteiger partial charge on any atom is -0.484 e. The molecule has 0 spiro atoms. The van der Waals surface area contributed by atoms with Crippen molar-refractivity contribution in [2.45, 2.75) is 19.9 Å². The van der Waals surface area contributed by atoms with Gasteiger partial charge in [-0.3, -0.25) is 14.8 Å². The molecule has 0 bridgehead atoms. The Morgan fingerprint density at radius 3 is 2.77 bits per heavy atom. The average molecular weight is 422 g/mol. The fourth-order valence-corrected chi connectivity index (χ4v) is 3.50. The van der Waals surface area contributed by atoms with Crippen LogP contribution in [-0.2, 0) is 16.1 Å². The lowest BCUT2D eigenvalue weighted by molar-refractivity contribution is -0.166. The highest BCUT2D eigenvalue weighted by Crippen LogP contribution is 2.32. The highest BCUT2D eigenvalue weighted by molar-refractivity contribution is 5.90. The Hall–Kier alpha value is -3.85. The zero-order valence-electron chi connectivity index (χ0n) is 16.9. The van der Waals surface area contributed by atoms with Crippen molar-refractivity contribution in [1.29, 1.82) is 0 Å². The molecular formula is C22H22N4O5. The van der Waals surface area contributed by atoms with Crippen LogP contribution in [0.5, 0.6) is 5.75 Å². The minimum atomic E-state index is -0.880. The Morgan fingerprint density at radius 2 is 2.03 bits per heavy atom. The van der Waals surface area contributed by atoms with E-state index in [-0.39, 0.29) is 19.6 Å². The Labute approximate surface area is 177 Å². The normalized spacial score (nSPS) is 11.2. The van der Waals surface area contributed by atoms with E-state index in [0.717, 1.165) is 33.3 Å². The molecule has 9 nitrogen and oxygen atoms in total. The number of aromatic amines is 1. The summed E-state index contributed by atoms with van der Waals surface area (Å²) in [5, 5.41) is 21.0. The van der Waals surface area contributed by atoms with Crippen LogP contribution >= 0.6 is 0 Å². The zero-order valence-corrected chi connectivity index (χ0v) is 16.9. The van der Waals surface area contributed by atoms with Gasteiger partial charge in [0.1, 0.15) is 11.4 Å². The quantitative estimate of drug-likeness (QED) is 0.296. The molecule has 3 heterocycles. The Morgan fingerprint density at radius 1 is 1.19 bits per heavy atom. The number of fused-ring (bicyclic) bond motifs is 2. The summed E-state index contributed by atoms with van der Waals surface area (Å²) in [6, 6.07) is 13.1. The van der Waals surface area contributed by atoms with E-state index < -0.39 is 11.9 Å². The molecule has 0 saturated carbocycles. The van der Waals surface area contributed by atoms with Crippen molar-refractivity contribution in [2.24, 2.45) is 0 Å². The summed E-state index contributed by atoms with van der Waals surface area (Å²) in [5.41, 5.74) is 3.25. The first-order valence-electron chi connectivity index (χ1n) is 9.87. The first-order chi connectivity index (χ1) is 15.0. The van der Waals surface area contributed by atoms with Crippen molar-refractivity contribution in [2.75, 3.05) is 13.2 Å². The number of aliphatic carboxylic acids is 1. The predicted octanol–water partition coefficient (Wildman–Crippen LogP) is 3.28. The molecule has 0 radical (unpaired) electrons. The van der Waals surface area contributed by atoms with Crippen molar-refractivity contribution < 1.29 is 24.6 Å². The van der Waals surface area contributed by atoms with Crippen LogP contribution in [0.1, 0.15) is 13.3 Å². The second-order valence-electron chi connectivity index (χ2n) is 7.07. The third kappa shape index (κ3) is 4.22. The molecule has 1 aromatic carbocycles. The topological polar surface area (TPSA) is 121 Å². The van der Waals surface area contributed by atoms with Crippen LogP contribution in [0.4, 0.5) is 0 Å². The molecular weight excluding hydrogens is 400 g/mol. The van der Waals surface area contributed by atoms with Gasteiger partial charge in [0.05, 0.1) is 17.8 Å². The molecule has 0 unspecified atom stereocenters. The Balaban J connectivity index is 1.71. The van der Waals surface area contributed by atoms with Crippen molar-refractivity contribution in [3.63, 3.8) is 0 Å². The SMILES string of the molecule is CCN(O)C(=O)COc1ccc2c(c1)cc(-c1cc3cccnc3[nH]1)n2CCC(=O)O. The van der Waals surface area contributed by atoms with E-state index in [2.05, 4.69) is 9.97 Å². The lowest BCUT2D eigenvalue weighted by Gasteiger charge is -2.13. The molecule has 0 atom stereocenters. The standard InChI is InChI=1S/C22H22N4O5/c1-2-26(30)20(27)13-31-16-5-6-18-15(10-16)12-19(25(18)9-7-21(28)29)17-11-14-4-3-8-23-22(14)24-17/h3-6,8,10-12,30H,2,7,9,13H2,1H3,(H,23,24)(H,28,29). The number of aromatic nitrogens is 3. The van der Waals surface area contributed by atoms with Gasteiger partial charge in [0, 0.05) is 35.6 Å². The van der Waals surface area contributed by atoms with Gasteiger partial charge in [-0.15, -0.1) is 0 Å². The zero-order chi connectivity index (χ0) is 22.0. The molecule has 160 valence electrons. The van der Waals surface area contributed by atoms with E-state index in [0.29, 0.717) is 17.4 Å². The first kappa shape index (κ1) is 20.4. The van der Waals surface area contributed by atoms with Crippen LogP contribution in [0.25, 0.3) is 33.3 Å². The molecule has 1 amide bonds. The predicted molar refractivity (Wildman–Crippen MR) is 114 cm³/mol. The summed E-state index contributed by atoms with van der Waals surface area (Å²) in [6.07, 6.45) is 1.69. The van der Waals surface area contributed by atoms with Crippen LogP contribution in [0.2, 0.25) is 0 Å². The smallest absolute Gasteiger partial charge is 0.305 e. The van der Waals surface area contributed by atoms with Gasteiger partial charge in [-0.25, -0.2) is 10.0 Å². The van der Waals surface area contributed by atoms with E-state index in [1.807, 2.05) is 34.9 Å². The monoisotopic (exact) mass is 422 g/mol. The number of aryl methyl sites for hydroxylation is 1. The van der Waals surface area contributed by atoms with Crippen molar-refractivity contribution >= 4 is 33.8 Å². The number of hydrogen-bond acceptors (Lipinski definition) is 5. The van der Waals surface area contributed by atoms with Gasteiger partial charge in [-0.1, -0.05) is 0 Å². The summed E-state index contributed by atoms with van der Waals surface area (Å²) in [7, 11) is 0. The lowest BCUT2D eigenvalue weighted by Crippen LogP contribution is -2.31. The minimum absolute atomic E-state index is 0.0225. The summed E-state index contributed by atoms with van der Waals surface area (Å²) in [4.78, 5) is 30.6. The maximum atomic E-state index is 11.8. The van der Waals surface area contributed by atoms with Gasteiger partial charge < -0.3 is 19.4 Å². The van der Waals surface area contributed by atoms with Crippen molar-refractivity contribution in [3.05, 3.63) is 48.7 Å². The summed E-state index contributed by atoms with van der Waals surface area (Å²) in [6.45, 7) is 1.85. The molecule has 4 aromatic rings. The number of pyridine rings is 1. The molecule has 0 aliphatic carbocycles. The fourth-order valence-electron chi connectivity index (χ4n) is 3.50. The number of nitrogens with zero attached hydrogens (tertiary/aromatic N) is 3. The summed E-state index contributed by atoms with van der Waals surface area (Å²) >= 11 is 0. The number of carboxylic acid groups (broad SMARTS) is 1. The fraction of sp³-hybridized carbons (Fsp3) is 0.227. The van der Waals surface area contributed by atoms with Crippen LogP contribution in [0.15, 0.2) is 48.7 Å². The van der Waals surface area contributed by atoms with Gasteiger partial charge in [0.15, 0.2) is 6.61 Å². The Bertz CT molecular complexity index is 1230. The average Bonchev–Trinajstić information content (AvgIpc) is 3.36. The molecule has 3 aromatic heterocycles. The number of carbonyl (C=O) groups is 2. The third-order valence-electron chi connectivity index (χ3n) is 5.04. The maximum Gasteiger partial charge on any atom is 0.305 e. The number of likely N-dealkylation sites (N-methyl/N-ethyl adjacent to an activating group) is 1. The van der Waals surface area contributed by atoms with E-state index in [4.69, 9.17) is 4.74 Å². The Kier molecular flexibility index (Phi) is 5.59. The maximum absolute atomic E-state index is 11.8. The van der Waals surface area contributed by atoms with E-state index in [9.17, 15) is 19.9 Å². The molecule has 0 saturated heterocycles. The van der Waals surface area contributed by atoms with Gasteiger partial charge in [-0.2, -0.15) is 0 Å². The number of amides is 1. The number of nitrogens with one attached hydrogen (secondary N) is 1. The lowest BCUT2D eigenvalue weighted by atomic mass is 10.2. The molecule has 9 heteroatoms. The summed E-state index contributed by atoms with van der Waals surface area (Å²) < 4.78 is 7.47. The number of hydroxylamine groups is 2. The van der Waals surface area contributed by atoms with E-state index >= 15 is 0 Å². The van der Waals surface area contributed by atoms with Crippen molar-refractivity contribution in [3.8, 4) is 17.1 Å². The van der Waals surface area contributed by atoms with Crippen molar-refractivity contribution in [1.82, 2.24) is 19.6 Å². The molecule has 0 fully saturated rings. The second kappa shape index (κ2) is 8.49. The number of H-pyrrole nitrogens is 1. The second-order valence-corrected chi connectivity index (χ2v) is 7.07. The number of hydrogen-bond donors (Lipinski definition) is 3. The molecule has 31 heavy (non-hydrogen) atoms. The third-order valence-corrected chi connectivity index (χ3v) is 5.04.